The van der Waals surface area contributed by atoms with Crippen molar-refractivity contribution in [1.82, 2.24) is 4.98 Å². The van der Waals surface area contributed by atoms with Crippen LogP contribution in [0.1, 0.15) is 47.9 Å². The predicted molar refractivity (Wildman–Crippen MR) is 60.4 cm³/mol. The Morgan fingerprint density at radius 1 is 1.36 bits per heavy atom. The Morgan fingerprint density at radius 2 is 2.07 bits per heavy atom. The lowest BCUT2D eigenvalue weighted by Crippen LogP contribution is -2.03. The molecular formula is C10H11BrN2S. The minimum atomic E-state index is 0.604. The maximum absolute atomic E-state index is 8.82. The monoisotopic (exact) mass is 270 g/mol. The molecule has 4 heteroatoms. The molecule has 0 amide bonds. The average Bonchev–Trinajstić information content (AvgIpc) is 2.61. The molecule has 1 heterocycles. The van der Waals surface area contributed by atoms with Gasteiger partial charge in [-0.2, -0.15) is 5.26 Å². The van der Waals surface area contributed by atoms with Crippen molar-refractivity contribution in [3.8, 4) is 6.07 Å². The summed E-state index contributed by atoms with van der Waals surface area (Å²) in [5, 5.41) is 9.97. The molecule has 0 aromatic carbocycles. The van der Waals surface area contributed by atoms with E-state index in [-0.39, 0.29) is 0 Å². The van der Waals surface area contributed by atoms with E-state index < -0.39 is 0 Å². The summed E-state index contributed by atoms with van der Waals surface area (Å²) < 4.78 is 0.727. The molecule has 1 saturated carbocycles. The van der Waals surface area contributed by atoms with Gasteiger partial charge in [-0.3, -0.25) is 0 Å². The second-order valence-electron chi connectivity index (χ2n) is 3.62. The van der Waals surface area contributed by atoms with Crippen LogP contribution in [0.25, 0.3) is 0 Å². The number of hydrogen-bond donors (Lipinski definition) is 0. The van der Waals surface area contributed by atoms with Crippen molar-refractivity contribution in [2.24, 2.45) is 0 Å². The highest BCUT2D eigenvalue weighted by molar-refractivity contribution is 9.10. The van der Waals surface area contributed by atoms with Gasteiger partial charge in [0.05, 0.1) is 5.01 Å². The molecule has 1 aliphatic carbocycles. The van der Waals surface area contributed by atoms with Crippen LogP contribution >= 0.6 is 27.3 Å². The molecule has 0 spiro atoms. The maximum Gasteiger partial charge on any atom is 0.139 e. The molecule has 0 atom stereocenters. The number of aromatic nitrogens is 1. The van der Waals surface area contributed by atoms with E-state index in [1.165, 1.54) is 32.1 Å². The zero-order valence-electron chi connectivity index (χ0n) is 7.79. The Bertz CT molecular complexity index is 361. The third-order valence-electron chi connectivity index (χ3n) is 2.66. The summed E-state index contributed by atoms with van der Waals surface area (Å²) in [5.74, 6) is 0.604. The van der Waals surface area contributed by atoms with Crippen molar-refractivity contribution >= 4 is 27.3 Å². The normalized spacial score (nSPS) is 18.0. The fourth-order valence-corrected chi connectivity index (χ4v) is 3.47. The first-order valence-electron chi connectivity index (χ1n) is 4.87. The number of hydrogen-bond acceptors (Lipinski definition) is 3. The van der Waals surface area contributed by atoms with E-state index in [9.17, 15) is 0 Å². The standard InChI is InChI=1S/C10H11BrN2S/c11-9-8(6-12)14-10(13-9)7-4-2-1-3-5-7/h7H,1-5H2. The molecule has 74 valence electrons. The highest BCUT2D eigenvalue weighted by atomic mass is 79.9. The van der Waals surface area contributed by atoms with Gasteiger partial charge in [-0.25, -0.2) is 4.98 Å². The number of nitriles is 1. The Hall–Kier alpha value is -0.400. The second kappa shape index (κ2) is 4.41. The van der Waals surface area contributed by atoms with Crippen LogP contribution in [0, 0.1) is 11.3 Å². The van der Waals surface area contributed by atoms with Gasteiger partial charge in [0.25, 0.3) is 0 Å². The molecule has 0 N–H and O–H groups in total. The van der Waals surface area contributed by atoms with E-state index in [2.05, 4.69) is 27.0 Å². The van der Waals surface area contributed by atoms with E-state index >= 15 is 0 Å². The summed E-state index contributed by atoms with van der Waals surface area (Å²) in [4.78, 5) is 5.13. The van der Waals surface area contributed by atoms with Gasteiger partial charge >= 0.3 is 0 Å². The summed E-state index contributed by atoms with van der Waals surface area (Å²) >= 11 is 4.87. The number of thiazole rings is 1. The van der Waals surface area contributed by atoms with E-state index in [0.717, 1.165) is 9.61 Å². The first-order valence-corrected chi connectivity index (χ1v) is 6.48. The lowest BCUT2D eigenvalue weighted by Gasteiger charge is -2.18. The van der Waals surface area contributed by atoms with Crippen molar-refractivity contribution in [3.63, 3.8) is 0 Å². The van der Waals surface area contributed by atoms with Crippen LogP contribution in [-0.2, 0) is 0 Å². The molecule has 1 aliphatic rings. The van der Waals surface area contributed by atoms with Gasteiger partial charge in [0.2, 0.25) is 0 Å². The van der Waals surface area contributed by atoms with Crippen LogP contribution in [0.15, 0.2) is 4.60 Å². The molecule has 0 saturated heterocycles. The summed E-state index contributed by atoms with van der Waals surface area (Å²) in [6, 6.07) is 2.16. The molecule has 1 aromatic heterocycles. The largest absolute Gasteiger partial charge is 0.233 e. The smallest absolute Gasteiger partial charge is 0.139 e. The molecule has 1 aromatic rings. The number of rotatable bonds is 1. The maximum atomic E-state index is 8.82. The first kappa shape index (κ1) is 10.1. The molecule has 2 rings (SSSR count). The molecule has 0 bridgehead atoms. The average molecular weight is 271 g/mol. The zero-order valence-corrected chi connectivity index (χ0v) is 10.2. The molecule has 1 fully saturated rings. The second-order valence-corrected chi connectivity index (χ2v) is 5.40. The Kier molecular flexibility index (Phi) is 3.19. The minimum absolute atomic E-state index is 0.604. The molecule has 0 unspecified atom stereocenters. The number of halogens is 1. The van der Waals surface area contributed by atoms with Crippen molar-refractivity contribution in [2.75, 3.05) is 0 Å². The third kappa shape index (κ3) is 1.99. The van der Waals surface area contributed by atoms with Gasteiger partial charge < -0.3 is 0 Å². The molecular weight excluding hydrogens is 260 g/mol. The molecule has 0 aliphatic heterocycles. The predicted octanol–water partition coefficient (Wildman–Crippen LogP) is 3.82. The van der Waals surface area contributed by atoms with Crippen LogP contribution in [-0.4, -0.2) is 4.98 Å². The van der Waals surface area contributed by atoms with Crippen molar-refractivity contribution in [3.05, 3.63) is 14.5 Å². The van der Waals surface area contributed by atoms with Crippen LogP contribution < -0.4 is 0 Å². The quantitative estimate of drug-likeness (QED) is 0.778. The van der Waals surface area contributed by atoms with Gasteiger partial charge in [-0.15, -0.1) is 11.3 Å². The van der Waals surface area contributed by atoms with E-state index in [1.54, 1.807) is 11.3 Å². The minimum Gasteiger partial charge on any atom is -0.233 e. The summed E-state index contributed by atoms with van der Waals surface area (Å²) in [6.45, 7) is 0. The SMILES string of the molecule is N#Cc1sc(C2CCCCC2)nc1Br. The molecule has 14 heavy (non-hydrogen) atoms. The van der Waals surface area contributed by atoms with E-state index in [4.69, 9.17) is 5.26 Å². The summed E-state index contributed by atoms with van der Waals surface area (Å²) in [6.07, 6.45) is 6.46. The van der Waals surface area contributed by atoms with Gasteiger partial charge in [-0.1, -0.05) is 19.3 Å². The highest BCUT2D eigenvalue weighted by Gasteiger charge is 2.20. The van der Waals surface area contributed by atoms with Crippen molar-refractivity contribution < 1.29 is 0 Å². The lowest BCUT2D eigenvalue weighted by atomic mass is 9.90. The first-order chi connectivity index (χ1) is 6.81. The van der Waals surface area contributed by atoms with Crippen LogP contribution in [0.5, 0.6) is 0 Å². The molecule has 0 radical (unpaired) electrons. The zero-order chi connectivity index (χ0) is 9.97. The van der Waals surface area contributed by atoms with Gasteiger partial charge in [0.1, 0.15) is 15.5 Å². The molecule has 2 nitrogen and oxygen atoms in total. The van der Waals surface area contributed by atoms with Gasteiger partial charge in [-0.05, 0) is 28.8 Å². The number of nitrogens with zero attached hydrogens (tertiary/aromatic N) is 2. The Morgan fingerprint density at radius 3 is 2.64 bits per heavy atom. The topological polar surface area (TPSA) is 36.7 Å². The lowest BCUT2D eigenvalue weighted by molar-refractivity contribution is 0.442. The van der Waals surface area contributed by atoms with Crippen LogP contribution in [0.4, 0.5) is 0 Å². The Labute approximate surface area is 96.1 Å². The summed E-state index contributed by atoms with van der Waals surface area (Å²) in [7, 11) is 0. The van der Waals surface area contributed by atoms with Crippen molar-refractivity contribution in [1.29, 1.82) is 5.26 Å². The van der Waals surface area contributed by atoms with E-state index in [1.807, 2.05) is 0 Å². The third-order valence-corrected chi connectivity index (χ3v) is 4.62. The van der Waals surface area contributed by atoms with Gasteiger partial charge in [0, 0.05) is 5.92 Å². The fourth-order valence-electron chi connectivity index (χ4n) is 1.91. The Balaban J connectivity index is 2.19. The van der Waals surface area contributed by atoms with Crippen LogP contribution in [0.2, 0.25) is 0 Å². The van der Waals surface area contributed by atoms with Crippen molar-refractivity contribution in [2.45, 2.75) is 38.0 Å². The highest BCUT2D eigenvalue weighted by Crippen LogP contribution is 2.36. The summed E-state index contributed by atoms with van der Waals surface area (Å²) in [5.41, 5.74) is 0. The van der Waals surface area contributed by atoms with Crippen LogP contribution in [0.3, 0.4) is 0 Å². The van der Waals surface area contributed by atoms with E-state index in [0.29, 0.717) is 10.8 Å². The van der Waals surface area contributed by atoms with Gasteiger partial charge in [0.15, 0.2) is 0 Å². The fraction of sp³-hybridized carbons (Fsp3) is 0.600.